The fourth-order valence-electron chi connectivity index (χ4n) is 5.74. The van der Waals surface area contributed by atoms with Gasteiger partial charge in [0.1, 0.15) is 0 Å². The van der Waals surface area contributed by atoms with Crippen molar-refractivity contribution in [3.05, 3.63) is 17.8 Å². The zero-order valence-corrected chi connectivity index (χ0v) is 19.0. The lowest BCUT2D eigenvalue weighted by Gasteiger charge is -2.57. The van der Waals surface area contributed by atoms with Crippen LogP contribution in [0.2, 0.25) is 0 Å². The zero-order chi connectivity index (χ0) is 22.4. The Kier molecular flexibility index (Phi) is 8.23. The third-order valence-electron chi connectivity index (χ3n) is 7.10. The number of rotatable bonds is 5. The number of carbonyl (C=O) groups excluding carboxylic acids is 1. The topological polar surface area (TPSA) is 98.7 Å². The Morgan fingerprint density at radius 2 is 2.00 bits per heavy atom. The molecule has 4 atom stereocenters. The second-order valence-corrected chi connectivity index (χ2v) is 9.46. The Morgan fingerprint density at radius 3 is 2.65 bits per heavy atom. The molecule has 1 aromatic rings. The molecule has 0 spiro atoms. The molecule has 2 N–H and O–H groups in total. The first kappa shape index (κ1) is 23.4. The normalized spacial score (nSPS) is 27.7. The second-order valence-electron chi connectivity index (χ2n) is 9.46. The number of piperidine rings is 3. The Morgan fingerprint density at radius 1 is 1.26 bits per heavy atom. The zero-order valence-electron chi connectivity index (χ0n) is 19.0. The van der Waals surface area contributed by atoms with Crippen molar-refractivity contribution >= 4 is 18.2 Å². The first-order valence-electron chi connectivity index (χ1n) is 11.6. The second kappa shape index (κ2) is 10.9. The molecule has 3 fully saturated rings. The van der Waals surface area contributed by atoms with Crippen LogP contribution < -0.4 is 10.2 Å². The van der Waals surface area contributed by atoms with Crippen LogP contribution in [0.3, 0.4) is 0 Å². The number of hydrogen-bond acceptors (Lipinski definition) is 6. The average molecular weight is 432 g/mol. The first-order chi connectivity index (χ1) is 15.0. The molecule has 1 aromatic heterocycles. The monoisotopic (exact) mass is 431 g/mol. The van der Waals surface area contributed by atoms with Gasteiger partial charge in [-0.3, -0.25) is 14.5 Å². The van der Waals surface area contributed by atoms with Gasteiger partial charge in [-0.2, -0.15) is 0 Å². The van der Waals surface area contributed by atoms with Gasteiger partial charge >= 0.3 is 0 Å². The fraction of sp³-hybridized carbons (Fsp3) is 0.739. The number of anilines is 1. The molecule has 4 heterocycles. The Bertz CT molecular complexity index is 726. The number of aromatic nitrogens is 2. The highest BCUT2D eigenvalue weighted by Crippen LogP contribution is 2.43. The summed E-state index contributed by atoms with van der Waals surface area (Å²) >= 11 is 0. The van der Waals surface area contributed by atoms with Gasteiger partial charge in [0.05, 0.1) is 0 Å². The van der Waals surface area contributed by atoms with Crippen LogP contribution in [-0.2, 0) is 4.79 Å². The molecule has 4 rings (SSSR count). The Hall–Kier alpha value is -2.22. The third-order valence-corrected chi connectivity index (χ3v) is 7.10. The lowest BCUT2D eigenvalue weighted by atomic mass is 9.71. The summed E-state index contributed by atoms with van der Waals surface area (Å²) in [6, 6.07) is 5.22. The van der Waals surface area contributed by atoms with Gasteiger partial charge in [0.2, 0.25) is 0 Å². The van der Waals surface area contributed by atoms with Crippen LogP contribution in [0.1, 0.15) is 62.9 Å². The van der Waals surface area contributed by atoms with Gasteiger partial charge in [-0.25, -0.2) is 0 Å². The van der Waals surface area contributed by atoms with Gasteiger partial charge in [-0.15, -0.1) is 10.2 Å². The molecular formula is C23H37N5O3. The van der Waals surface area contributed by atoms with Crippen molar-refractivity contribution in [1.29, 1.82) is 0 Å². The molecule has 0 radical (unpaired) electrons. The van der Waals surface area contributed by atoms with Crippen molar-refractivity contribution < 1.29 is 14.7 Å². The van der Waals surface area contributed by atoms with Crippen molar-refractivity contribution in [1.82, 2.24) is 20.4 Å². The molecule has 2 bridgehead atoms. The van der Waals surface area contributed by atoms with E-state index in [1.54, 1.807) is 13.1 Å². The van der Waals surface area contributed by atoms with E-state index in [4.69, 9.17) is 9.90 Å². The maximum Gasteiger partial charge on any atom is 0.290 e. The van der Waals surface area contributed by atoms with Crippen LogP contribution in [0.5, 0.6) is 0 Å². The largest absolute Gasteiger partial charge is 0.483 e. The standard InChI is InChI=1S/C22H35N5O.CH2O2/c1-15(2)7-9-20-17-12-16(19-6-4-5-11-27(19)20)13-26(14-17)21-10-8-18(24-25-21)22(28)23-3;2-1-3/h8,10,15-17,19-20H,4-7,9,11-14H2,1-3H3,(H,23,28);1H,(H,2,3)/t16-,17+,19+,20+;/m1./s1. The minimum absolute atomic E-state index is 0.179. The predicted molar refractivity (Wildman–Crippen MR) is 120 cm³/mol. The lowest BCUT2D eigenvalue weighted by molar-refractivity contribution is -0.122. The smallest absolute Gasteiger partial charge is 0.290 e. The highest BCUT2D eigenvalue weighted by molar-refractivity contribution is 5.91. The number of fused-ring (bicyclic) bond motifs is 4. The quantitative estimate of drug-likeness (QED) is 0.692. The SMILES string of the molecule is CNC(=O)c1ccc(N2C[C@H]3C[C@@H](C2)[C@H](CCC(C)C)N2CCCC[C@@H]32)nn1.O=CO. The van der Waals surface area contributed by atoms with Crippen molar-refractivity contribution in [2.45, 2.75) is 64.5 Å². The van der Waals surface area contributed by atoms with Gasteiger partial charge in [0.15, 0.2) is 11.5 Å². The van der Waals surface area contributed by atoms with Gasteiger partial charge in [0, 0.05) is 32.2 Å². The molecule has 0 saturated carbocycles. The summed E-state index contributed by atoms with van der Waals surface area (Å²) < 4.78 is 0. The number of amides is 1. The van der Waals surface area contributed by atoms with Gasteiger partial charge in [-0.05, 0) is 68.5 Å². The number of nitrogens with zero attached hydrogens (tertiary/aromatic N) is 4. The van der Waals surface area contributed by atoms with E-state index in [-0.39, 0.29) is 12.4 Å². The van der Waals surface area contributed by atoms with E-state index in [1.807, 2.05) is 6.07 Å². The molecule has 1 amide bonds. The molecule has 3 saturated heterocycles. The highest BCUT2D eigenvalue weighted by Gasteiger charge is 2.47. The summed E-state index contributed by atoms with van der Waals surface area (Å²) in [6.07, 6.45) is 8.09. The van der Waals surface area contributed by atoms with Crippen LogP contribution in [0.4, 0.5) is 5.82 Å². The minimum atomic E-state index is -0.250. The van der Waals surface area contributed by atoms with Gasteiger partial charge in [0.25, 0.3) is 12.4 Å². The van der Waals surface area contributed by atoms with Crippen molar-refractivity contribution in [3.8, 4) is 0 Å². The lowest BCUT2D eigenvalue weighted by Crippen LogP contribution is -2.63. The minimum Gasteiger partial charge on any atom is -0.483 e. The molecule has 0 aromatic carbocycles. The van der Waals surface area contributed by atoms with E-state index in [2.05, 4.69) is 39.2 Å². The van der Waals surface area contributed by atoms with Crippen LogP contribution in [0.15, 0.2) is 12.1 Å². The first-order valence-corrected chi connectivity index (χ1v) is 11.6. The van der Waals surface area contributed by atoms with Gasteiger partial charge < -0.3 is 15.3 Å². The fourth-order valence-corrected chi connectivity index (χ4v) is 5.74. The highest BCUT2D eigenvalue weighted by atomic mass is 16.3. The van der Waals surface area contributed by atoms with Crippen molar-refractivity contribution in [2.24, 2.45) is 17.8 Å². The molecular weight excluding hydrogens is 394 g/mol. The molecule has 8 nitrogen and oxygen atoms in total. The summed E-state index contributed by atoms with van der Waals surface area (Å²) in [6.45, 7) is 7.87. The third kappa shape index (κ3) is 5.53. The predicted octanol–water partition coefficient (Wildman–Crippen LogP) is 2.65. The molecule has 3 aliphatic rings. The average Bonchev–Trinajstić information content (AvgIpc) is 2.79. The molecule has 172 valence electrons. The summed E-state index contributed by atoms with van der Waals surface area (Å²) in [5.74, 6) is 2.96. The maximum absolute atomic E-state index is 11.8. The van der Waals surface area contributed by atoms with Crippen LogP contribution >= 0.6 is 0 Å². The van der Waals surface area contributed by atoms with Crippen LogP contribution in [-0.4, -0.2) is 71.3 Å². The molecule has 0 aliphatic carbocycles. The Balaban J connectivity index is 0.000000858. The van der Waals surface area contributed by atoms with E-state index in [9.17, 15) is 4.79 Å². The van der Waals surface area contributed by atoms with E-state index in [0.717, 1.165) is 36.8 Å². The number of carbonyl (C=O) groups is 2. The van der Waals surface area contributed by atoms with E-state index in [0.29, 0.717) is 17.7 Å². The van der Waals surface area contributed by atoms with Crippen LogP contribution in [0.25, 0.3) is 0 Å². The van der Waals surface area contributed by atoms with E-state index >= 15 is 0 Å². The summed E-state index contributed by atoms with van der Waals surface area (Å²) in [7, 11) is 1.62. The molecule has 31 heavy (non-hydrogen) atoms. The molecule has 3 aliphatic heterocycles. The van der Waals surface area contributed by atoms with E-state index < -0.39 is 0 Å². The number of nitrogens with one attached hydrogen (secondary N) is 1. The summed E-state index contributed by atoms with van der Waals surface area (Å²) in [5, 5.41) is 18.1. The number of hydrogen-bond donors (Lipinski definition) is 2. The van der Waals surface area contributed by atoms with Crippen molar-refractivity contribution in [3.63, 3.8) is 0 Å². The molecule has 0 unspecified atom stereocenters. The Labute approximate surface area is 185 Å². The number of carboxylic acid groups (broad SMARTS) is 1. The van der Waals surface area contributed by atoms with Crippen LogP contribution in [0, 0.1) is 17.8 Å². The maximum atomic E-state index is 11.8. The van der Waals surface area contributed by atoms with Gasteiger partial charge in [-0.1, -0.05) is 20.3 Å². The van der Waals surface area contributed by atoms with Crippen molar-refractivity contribution in [2.75, 3.05) is 31.6 Å². The van der Waals surface area contributed by atoms with E-state index in [1.165, 1.54) is 45.1 Å². The molecule has 8 heteroatoms. The summed E-state index contributed by atoms with van der Waals surface area (Å²) in [4.78, 5) is 25.4. The summed E-state index contributed by atoms with van der Waals surface area (Å²) in [5.41, 5.74) is 0.386.